The molecular formula is C24H26Cl2HfSi. The third-order valence-corrected chi connectivity index (χ3v) is 20.6. The van der Waals surface area contributed by atoms with E-state index in [1.807, 2.05) is 10.4 Å². The van der Waals surface area contributed by atoms with Crippen LogP contribution < -0.4 is 24.8 Å². The number of rotatable bonds is 2. The molecule has 4 heteroatoms. The molecule has 0 radical (unpaired) electrons. The average Bonchev–Trinajstić information content (AvgIpc) is 3.13. The Morgan fingerprint density at radius 2 is 1.11 bits per heavy atom. The molecule has 2 aliphatic carbocycles. The van der Waals surface area contributed by atoms with Gasteiger partial charge in [0.15, 0.2) is 0 Å². The molecule has 2 atom stereocenters. The van der Waals surface area contributed by atoms with Crippen molar-refractivity contribution < 1.29 is 47.7 Å². The van der Waals surface area contributed by atoms with Crippen LogP contribution in [0, 0.1) is 0 Å². The molecule has 2 aromatic carbocycles. The minimum absolute atomic E-state index is 0. The molecule has 5 rings (SSSR count). The van der Waals surface area contributed by atoms with Crippen molar-refractivity contribution in [3.8, 4) is 0 Å². The van der Waals surface area contributed by atoms with Gasteiger partial charge in [-0.05, 0) is 0 Å². The predicted molar refractivity (Wildman–Crippen MR) is 110 cm³/mol. The summed E-state index contributed by atoms with van der Waals surface area (Å²) in [6, 6.07) is 21.6. The summed E-state index contributed by atoms with van der Waals surface area (Å²) in [5, 5.41) is 3.67. The second kappa shape index (κ2) is 8.02. The van der Waals surface area contributed by atoms with Gasteiger partial charge in [0.1, 0.15) is 0 Å². The van der Waals surface area contributed by atoms with E-state index in [2.05, 4.69) is 76.2 Å². The Morgan fingerprint density at radius 1 is 0.714 bits per heavy atom. The van der Waals surface area contributed by atoms with Crippen LogP contribution in [-0.4, -0.2) is 8.07 Å². The van der Waals surface area contributed by atoms with Crippen molar-refractivity contribution >= 4 is 18.5 Å². The molecule has 1 heterocycles. The number of fused-ring (bicyclic) bond motifs is 8. The molecule has 0 amide bonds. The Balaban J connectivity index is 0.00000112. The van der Waals surface area contributed by atoms with Crippen molar-refractivity contribution in [2.24, 2.45) is 0 Å². The SMILES string of the molecule is CC[Si]1(CC)C2=C(C)[CH]([Hf+2][CH]3C(C)=C1c1ccccc13)c1ccccc12.[Cl-].[Cl-]. The summed E-state index contributed by atoms with van der Waals surface area (Å²) in [6.07, 6.45) is 0. The van der Waals surface area contributed by atoms with E-state index < -0.39 is 31.0 Å². The Hall–Kier alpha value is -0.413. The second-order valence-electron chi connectivity index (χ2n) is 8.11. The Labute approximate surface area is 194 Å². The molecule has 1 aliphatic heterocycles. The molecule has 4 bridgehead atoms. The van der Waals surface area contributed by atoms with Crippen LogP contribution >= 0.6 is 0 Å². The summed E-state index contributed by atoms with van der Waals surface area (Å²) >= 11 is -0.928. The molecule has 0 spiro atoms. The van der Waals surface area contributed by atoms with Crippen LogP contribution in [0.2, 0.25) is 12.1 Å². The minimum Gasteiger partial charge on any atom is -1.00 e. The van der Waals surface area contributed by atoms with Crippen LogP contribution in [0.25, 0.3) is 10.4 Å². The molecule has 0 nitrogen and oxygen atoms in total. The third-order valence-electron chi connectivity index (χ3n) is 7.23. The van der Waals surface area contributed by atoms with Gasteiger partial charge in [0.2, 0.25) is 0 Å². The van der Waals surface area contributed by atoms with Crippen LogP contribution in [0.1, 0.15) is 57.3 Å². The first-order valence-corrected chi connectivity index (χ1v) is 16.6. The molecular weight excluding hydrogens is 566 g/mol. The molecule has 0 saturated carbocycles. The van der Waals surface area contributed by atoms with Gasteiger partial charge in [-0.25, -0.2) is 0 Å². The summed E-state index contributed by atoms with van der Waals surface area (Å²) in [7, 11) is -1.73. The topological polar surface area (TPSA) is 0 Å². The largest absolute Gasteiger partial charge is 1.00 e. The quantitative estimate of drug-likeness (QED) is 0.452. The van der Waals surface area contributed by atoms with Crippen molar-refractivity contribution in [3.05, 3.63) is 81.9 Å². The fraction of sp³-hybridized carbons (Fsp3) is 0.333. The number of hydrogen-bond acceptors (Lipinski definition) is 0. The van der Waals surface area contributed by atoms with E-state index in [1.165, 1.54) is 12.1 Å². The average molecular weight is 592 g/mol. The number of hydrogen-bond donors (Lipinski definition) is 0. The fourth-order valence-electron chi connectivity index (χ4n) is 6.08. The van der Waals surface area contributed by atoms with Crippen molar-refractivity contribution in [2.75, 3.05) is 0 Å². The minimum atomic E-state index is -1.73. The zero-order valence-electron chi connectivity index (χ0n) is 16.9. The monoisotopic (exact) mass is 592 g/mol. The molecule has 0 N–H and O–H groups in total. The van der Waals surface area contributed by atoms with Gasteiger partial charge in [-0.15, -0.1) is 0 Å². The van der Waals surface area contributed by atoms with E-state index in [0.717, 1.165) is 7.35 Å². The second-order valence-corrected chi connectivity index (χ2v) is 18.0. The molecule has 144 valence electrons. The number of halogens is 2. The van der Waals surface area contributed by atoms with Crippen LogP contribution in [0.15, 0.2) is 59.7 Å². The maximum absolute atomic E-state index is 2.51. The van der Waals surface area contributed by atoms with Gasteiger partial charge in [0.05, 0.1) is 0 Å². The Morgan fingerprint density at radius 3 is 1.50 bits per heavy atom. The number of benzene rings is 2. The van der Waals surface area contributed by atoms with Gasteiger partial charge in [-0.3, -0.25) is 0 Å². The van der Waals surface area contributed by atoms with Gasteiger partial charge in [0.25, 0.3) is 0 Å². The van der Waals surface area contributed by atoms with Gasteiger partial charge in [-0.1, -0.05) is 0 Å². The molecule has 28 heavy (non-hydrogen) atoms. The number of allylic oxidation sites excluding steroid dienone is 2. The zero-order valence-corrected chi connectivity index (χ0v) is 23.0. The first kappa shape index (κ1) is 22.3. The third kappa shape index (κ3) is 2.71. The van der Waals surface area contributed by atoms with Crippen molar-refractivity contribution in [1.29, 1.82) is 0 Å². The Bertz CT molecular complexity index is 912. The maximum atomic E-state index is 2.51. The van der Waals surface area contributed by atoms with E-state index in [0.29, 0.717) is 0 Å². The van der Waals surface area contributed by atoms with E-state index in [4.69, 9.17) is 0 Å². The van der Waals surface area contributed by atoms with Crippen LogP contribution in [0.3, 0.4) is 0 Å². The molecule has 3 aliphatic rings. The van der Waals surface area contributed by atoms with E-state index in [-0.39, 0.29) is 24.8 Å². The van der Waals surface area contributed by atoms with Crippen molar-refractivity contribution in [1.82, 2.24) is 0 Å². The van der Waals surface area contributed by atoms with Crippen LogP contribution in [0.4, 0.5) is 0 Å². The molecule has 0 fully saturated rings. The Kier molecular flexibility index (Phi) is 6.38. The van der Waals surface area contributed by atoms with E-state index >= 15 is 0 Å². The van der Waals surface area contributed by atoms with Gasteiger partial charge < -0.3 is 24.8 Å². The molecule has 2 aromatic rings. The van der Waals surface area contributed by atoms with E-state index in [1.54, 1.807) is 33.4 Å². The maximum Gasteiger partial charge on any atom is -1.00 e. The molecule has 0 aromatic heterocycles. The molecule has 2 unspecified atom stereocenters. The predicted octanol–water partition coefficient (Wildman–Crippen LogP) is 0.714. The molecule has 0 saturated heterocycles. The first-order chi connectivity index (χ1) is 12.6. The summed E-state index contributed by atoms with van der Waals surface area (Å²) in [4.78, 5) is 0. The van der Waals surface area contributed by atoms with Crippen molar-refractivity contribution in [3.63, 3.8) is 0 Å². The van der Waals surface area contributed by atoms with E-state index in [9.17, 15) is 0 Å². The summed E-state index contributed by atoms with van der Waals surface area (Å²) in [6.45, 7) is 9.97. The smallest absolute Gasteiger partial charge is 1.00 e. The summed E-state index contributed by atoms with van der Waals surface area (Å²) < 4.78 is 1.61. The first-order valence-electron chi connectivity index (χ1n) is 10.0. The normalized spacial score (nSPS) is 22.7. The van der Waals surface area contributed by atoms with Gasteiger partial charge >= 0.3 is 170 Å². The summed E-state index contributed by atoms with van der Waals surface area (Å²) in [5.74, 6) is 0. The van der Waals surface area contributed by atoms with Gasteiger partial charge in [-0.2, -0.15) is 0 Å². The van der Waals surface area contributed by atoms with Crippen molar-refractivity contribution in [2.45, 2.75) is 47.1 Å². The summed E-state index contributed by atoms with van der Waals surface area (Å²) in [5.41, 5.74) is 10.2. The van der Waals surface area contributed by atoms with Crippen LogP contribution in [0.5, 0.6) is 0 Å². The standard InChI is InChI=1S/C24H26Si.2ClH.Hf/c1-5-25(6-2,23-17(3)15-19-11-7-9-13-21(19)23)24-18(4)16-20-12-8-10-14-22(20)24;;;/h7-16H,5-6H2,1-4H3;2*1H;/q;;;+2/p-2. The van der Waals surface area contributed by atoms with Crippen LogP contribution in [-0.2, 0) is 22.9 Å². The van der Waals surface area contributed by atoms with Gasteiger partial charge in [0, 0.05) is 0 Å². The fourth-order valence-corrected chi connectivity index (χ4v) is 19.7. The zero-order chi connectivity index (χ0) is 18.1.